The van der Waals surface area contributed by atoms with Crippen molar-refractivity contribution in [1.29, 1.82) is 0 Å². The largest absolute Gasteiger partial charge is 0.315 e. The highest BCUT2D eigenvalue weighted by Gasteiger charge is 1.80. The molecule has 0 atom stereocenters. The van der Waals surface area contributed by atoms with Gasteiger partial charge in [-0.2, -0.15) is 0 Å². The molecule has 0 aliphatic carbocycles. The lowest BCUT2D eigenvalue weighted by Crippen LogP contribution is -2.22. The summed E-state index contributed by atoms with van der Waals surface area (Å²) >= 11 is 2.15. The molecular formula is C5H13IN2. The van der Waals surface area contributed by atoms with Crippen LogP contribution in [0.1, 0.15) is 13.3 Å². The van der Waals surface area contributed by atoms with Crippen LogP contribution >= 0.6 is 22.9 Å². The molecule has 2 N–H and O–H groups in total. The summed E-state index contributed by atoms with van der Waals surface area (Å²) in [5.74, 6) is 0. The lowest BCUT2D eigenvalue weighted by molar-refractivity contribution is 0.672. The summed E-state index contributed by atoms with van der Waals surface area (Å²) < 4.78 is 3.03. The fourth-order valence-electron chi connectivity index (χ4n) is 0.437. The molecule has 0 saturated carbocycles. The maximum Gasteiger partial charge on any atom is 0.0175 e. The van der Waals surface area contributed by atoms with Gasteiger partial charge in [-0.25, -0.2) is 0 Å². The minimum Gasteiger partial charge on any atom is -0.315 e. The average Bonchev–Trinajstić information content (AvgIpc) is 1.81. The quantitative estimate of drug-likeness (QED) is 0.415. The van der Waals surface area contributed by atoms with Crippen LogP contribution in [-0.2, 0) is 0 Å². The first-order valence-corrected chi connectivity index (χ1v) is 4.04. The van der Waals surface area contributed by atoms with Crippen LogP contribution in [0.5, 0.6) is 0 Å². The van der Waals surface area contributed by atoms with E-state index in [-0.39, 0.29) is 0 Å². The van der Waals surface area contributed by atoms with Crippen LogP contribution in [0.25, 0.3) is 0 Å². The molecule has 2 nitrogen and oxygen atoms in total. The summed E-state index contributed by atoms with van der Waals surface area (Å²) in [6.45, 7) is 5.44. The Bertz CT molecular complexity index is 35.4. The van der Waals surface area contributed by atoms with Crippen LogP contribution in [0, 0.1) is 0 Å². The lowest BCUT2D eigenvalue weighted by atomic mass is 10.5. The van der Waals surface area contributed by atoms with Crippen LogP contribution in [0.4, 0.5) is 0 Å². The van der Waals surface area contributed by atoms with Crippen molar-refractivity contribution in [1.82, 2.24) is 8.85 Å². The third kappa shape index (κ3) is 6.65. The van der Waals surface area contributed by atoms with Crippen molar-refractivity contribution in [2.45, 2.75) is 13.3 Å². The Kier molecular flexibility index (Phi) is 8.27. The number of nitrogens with one attached hydrogen (secondary N) is 2. The van der Waals surface area contributed by atoms with Crippen molar-refractivity contribution in [2.75, 3.05) is 19.6 Å². The molecule has 0 amide bonds. The van der Waals surface area contributed by atoms with Crippen LogP contribution < -0.4 is 8.85 Å². The Labute approximate surface area is 64.9 Å². The molecule has 50 valence electrons. The molecule has 0 radical (unpaired) electrons. The smallest absolute Gasteiger partial charge is 0.0175 e. The van der Waals surface area contributed by atoms with Crippen molar-refractivity contribution >= 4 is 22.9 Å². The van der Waals surface area contributed by atoms with Crippen molar-refractivity contribution in [2.24, 2.45) is 0 Å². The van der Waals surface area contributed by atoms with E-state index in [2.05, 4.69) is 38.6 Å². The molecule has 0 aliphatic rings. The highest BCUT2D eigenvalue weighted by atomic mass is 127. The maximum absolute atomic E-state index is 3.27. The van der Waals surface area contributed by atoms with Gasteiger partial charge in [0.2, 0.25) is 0 Å². The second-order valence-corrected chi connectivity index (χ2v) is 2.40. The Morgan fingerprint density at radius 1 is 1.25 bits per heavy atom. The molecule has 0 fully saturated rings. The molecule has 0 aromatic heterocycles. The summed E-state index contributed by atoms with van der Waals surface area (Å²) in [6, 6.07) is 0. The van der Waals surface area contributed by atoms with E-state index in [9.17, 15) is 0 Å². The first kappa shape index (κ1) is 8.65. The highest BCUT2D eigenvalue weighted by Crippen LogP contribution is 1.69. The third-order valence-electron chi connectivity index (χ3n) is 0.823. The zero-order valence-electron chi connectivity index (χ0n) is 5.21. The predicted octanol–water partition coefficient (Wildman–Crippen LogP) is 0.926. The van der Waals surface area contributed by atoms with Crippen molar-refractivity contribution in [3.63, 3.8) is 0 Å². The highest BCUT2D eigenvalue weighted by molar-refractivity contribution is 14.1. The van der Waals surface area contributed by atoms with E-state index in [4.69, 9.17) is 0 Å². The Hall–Kier alpha value is 0.650. The van der Waals surface area contributed by atoms with E-state index >= 15 is 0 Å². The molecular weight excluding hydrogens is 215 g/mol. The van der Waals surface area contributed by atoms with Crippen molar-refractivity contribution in [3.05, 3.63) is 0 Å². The molecule has 0 bridgehead atoms. The fraction of sp³-hybridized carbons (Fsp3) is 1.00. The fourth-order valence-corrected chi connectivity index (χ4v) is 0.707. The average molecular weight is 228 g/mol. The first-order chi connectivity index (χ1) is 3.91. The molecule has 0 unspecified atom stereocenters. The number of hydrogen-bond donors (Lipinski definition) is 2. The number of halogens is 1. The maximum atomic E-state index is 3.27. The van der Waals surface area contributed by atoms with E-state index in [1.807, 2.05) is 0 Å². The van der Waals surface area contributed by atoms with Gasteiger partial charge in [0.05, 0.1) is 0 Å². The zero-order chi connectivity index (χ0) is 6.24. The summed E-state index contributed by atoms with van der Waals surface area (Å²) in [6.07, 6.45) is 1.22. The second-order valence-electron chi connectivity index (χ2n) is 1.63. The van der Waals surface area contributed by atoms with Gasteiger partial charge in [0.15, 0.2) is 0 Å². The van der Waals surface area contributed by atoms with E-state index in [0.29, 0.717) is 0 Å². The van der Waals surface area contributed by atoms with Gasteiger partial charge >= 0.3 is 0 Å². The van der Waals surface area contributed by atoms with Gasteiger partial charge in [-0.1, -0.05) is 6.92 Å². The second kappa shape index (κ2) is 7.65. The minimum atomic E-state index is 1.06. The van der Waals surface area contributed by atoms with E-state index in [1.54, 1.807) is 0 Å². The molecule has 8 heavy (non-hydrogen) atoms. The molecule has 0 saturated heterocycles. The standard InChI is InChI=1S/C5H13IN2/c1-2-3-7-4-5-8-6/h7-8H,2-5H2,1H3. The Morgan fingerprint density at radius 2 is 2.00 bits per heavy atom. The molecule has 0 rings (SSSR count). The SMILES string of the molecule is CCCNCCNI. The number of hydrogen-bond acceptors (Lipinski definition) is 2. The zero-order valence-corrected chi connectivity index (χ0v) is 7.36. The van der Waals surface area contributed by atoms with Gasteiger partial charge in [0.25, 0.3) is 0 Å². The van der Waals surface area contributed by atoms with Gasteiger partial charge in [0.1, 0.15) is 0 Å². The molecule has 3 heteroatoms. The molecule has 0 aromatic carbocycles. The molecule has 0 spiro atoms. The summed E-state index contributed by atoms with van der Waals surface area (Å²) in [5.41, 5.74) is 0. The van der Waals surface area contributed by atoms with Gasteiger partial charge < -0.3 is 5.32 Å². The van der Waals surface area contributed by atoms with Gasteiger partial charge in [-0.15, -0.1) is 0 Å². The minimum absolute atomic E-state index is 1.06. The molecule has 0 heterocycles. The van der Waals surface area contributed by atoms with E-state index in [0.717, 1.165) is 19.6 Å². The molecule has 0 aromatic rings. The normalized spacial score (nSPS) is 9.75. The monoisotopic (exact) mass is 228 g/mol. The number of rotatable bonds is 5. The van der Waals surface area contributed by atoms with Crippen LogP contribution in [0.3, 0.4) is 0 Å². The predicted molar refractivity (Wildman–Crippen MR) is 45.2 cm³/mol. The van der Waals surface area contributed by atoms with Gasteiger partial charge in [-0.05, 0) is 13.0 Å². The first-order valence-electron chi connectivity index (χ1n) is 2.96. The van der Waals surface area contributed by atoms with Gasteiger partial charge in [0, 0.05) is 36.0 Å². The molecule has 0 aliphatic heterocycles. The lowest BCUT2D eigenvalue weighted by Gasteiger charge is -1.98. The third-order valence-corrected chi connectivity index (χ3v) is 1.36. The summed E-state index contributed by atoms with van der Waals surface area (Å²) in [4.78, 5) is 0. The summed E-state index contributed by atoms with van der Waals surface area (Å²) in [7, 11) is 0. The Balaban J connectivity index is 2.53. The van der Waals surface area contributed by atoms with Crippen molar-refractivity contribution in [3.8, 4) is 0 Å². The van der Waals surface area contributed by atoms with Crippen molar-refractivity contribution < 1.29 is 0 Å². The van der Waals surface area contributed by atoms with Gasteiger partial charge in [-0.3, -0.25) is 3.53 Å². The van der Waals surface area contributed by atoms with Crippen LogP contribution in [0.2, 0.25) is 0 Å². The van der Waals surface area contributed by atoms with Crippen LogP contribution in [-0.4, -0.2) is 19.6 Å². The topological polar surface area (TPSA) is 24.1 Å². The van der Waals surface area contributed by atoms with E-state index < -0.39 is 0 Å². The van der Waals surface area contributed by atoms with E-state index in [1.165, 1.54) is 6.42 Å². The van der Waals surface area contributed by atoms with Crippen LogP contribution in [0.15, 0.2) is 0 Å². The summed E-state index contributed by atoms with van der Waals surface area (Å²) in [5, 5.41) is 3.27. The Morgan fingerprint density at radius 3 is 2.50 bits per heavy atom.